The van der Waals surface area contributed by atoms with Crippen molar-refractivity contribution in [2.75, 3.05) is 0 Å². The topological polar surface area (TPSA) is 94.1 Å². The average molecular weight is 625 g/mol. The van der Waals surface area contributed by atoms with Crippen molar-refractivity contribution < 1.29 is 24.8 Å². The van der Waals surface area contributed by atoms with E-state index in [9.17, 15) is 20.4 Å². The van der Waals surface area contributed by atoms with Gasteiger partial charge in [0.15, 0.2) is 11.5 Å². The van der Waals surface area contributed by atoms with Gasteiger partial charge in [0.05, 0.1) is 0 Å². The monoisotopic (exact) mass is 624 g/mol. The smallest absolute Gasteiger partial charge is 0.204 e. The maximum Gasteiger partial charge on any atom is 0.204 e. The van der Waals surface area contributed by atoms with E-state index in [1.165, 1.54) is 22.1 Å². The summed E-state index contributed by atoms with van der Waals surface area (Å²) in [6.07, 6.45) is 6.31. The fraction of sp³-hybridized carbons (Fsp3) is 0.0476. The average Bonchev–Trinajstić information content (AvgIpc) is 3.48. The molecule has 0 saturated carbocycles. The van der Waals surface area contributed by atoms with Crippen molar-refractivity contribution in [3.63, 3.8) is 0 Å². The van der Waals surface area contributed by atoms with Crippen LogP contribution in [0.25, 0.3) is 82.9 Å². The van der Waals surface area contributed by atoms with Gasteiger partial charge in [-0.2, -0.15) is 0 Å². The van der Waals surface area contributed by atoms with E-state index in [1.807, 2.05) is 24.3 Å². The summed E-state index contributed by atoms with van der Waals surface area (Å²) < 4.78 is 6.48. The second kappa shape index (κ2) is 10.4. The van der Waals surface area contributed by atoms with E-state index in [0.29, 0.717) is 5.56 Å². The van der Waals surface area contributed by atoms with Crippen LogP contribution in [0.1, 0.15) is 17.5 Å². The Balaban J connectivity index is 1.23. The molecule has 0 atom stereocenters. The van der Waals surface area contributed by atoms with E-state index in [4.69, 9.17) is 4.42 Å². The molecule has 1 aromatic heterocycles. The summed E-state index contributed by atoms with van der Waals surface area (Å²) in [5.41, 5.74) is 9.84. The maximum atomic E-state index is 10.7. The van der Waals surface area contributed by atoms with Crippen LogP contribution in [0.5, 0.6) is 23.0 Å². The molecular weight excluding hydrogens is 595 g/mol. The summed E-state index contributed by atoms with van der Waals surface area (Å²) in [5, 5.41) is 48.1. The lowest BCUT2D eigenvalue weighted by Crippen LogP contribution is -2.08. The number of phenols is 4. The van der Waals surface area contributed by atoms with Gasteiger partial charge in [0, 0.05) is 16.3 Å². The molecule has 0 amide bonds. The third-order valence-electron chi connectivity index (χ3n) is 9.94. The van der Waals surface area contributed by atoms with E-state index in [1.54, 1.807) is 7.85 Å². The van der Waals surface area contributed by atoms with Gasteiger partial charge in [0.1, 0.15) is 19.0 Å². The Kier molecular flexibility index (Phi) is 6.12. The number of phenolic OH excluding ortho intramolecular Hbond substituents is 4. The number of aromatic hydroxyl groups is 4. The first-order chi connectivity index (χ1) is 23.4. The summed E-state index contributed by atoms with van der Waals surface area (Å²) in [7, 11) is 1.59. The lowest BCUT2D eigenvalue weighted by molar-refractivity contribution is 0.348. The fourth-order valence-corrected chi connectivity index (χ4v) is 7.62. The zero-order valence-corrected chi connectivity index (χ0v) is 26.1. The number of furan rings is 1. The molecule has 1 aliphatic carbocycles. The van der Waals surface area contributed by atoms with Gasteiger partial charge < -0.3 is 24.8 Å². The quantitative estimate of drug-likeness (QED) is 0.0895. The molecule has 0 aliphatic heterocycles. The Labute approximate surface area is 276 Å². The largest absolute Gasteiger partial charge is 0.505 e. The van der Waals surface area contributed by atoms with Crippen molar-refractivity contribution in [1.29, 1.82) is 0 Å². The molecule has 0 spiro atoms. The molecule has 0 saturated heterocycles. The standard InChI is InChI=1S/C42H29BO5/c43-38-37(39(44)41(46)42(47)40(38)45)23-15-13-22(14-16-23)35-28-9-3-5-11-30(28)36(31-12-6-4-10-29(31)35)26-17-18-27-32-19-24-7-1-2-8-25(24)20-34(32)48-33(27)21-26/h1-5,7-11,13-21,44-47H,6,12,43H2. The molecule has 4 N–H and O–H groups in total. The molecule has 1 heterocycles. The highest BCUT2D eigenvalue weighted by Gasteiger charge is 2.24. The van der Waals surface area contributed by atoms with E-state index >= 15 is 0 Å². The summed E-state index contributed by atoms with van der Waals surface area (Å²) in [6.45, 7) is 0. The number of benzene rings is 7. The Bertz CT molecular complexity index is 2640. The molecule has 0 radical (unpaired) electrons. The number of hydrogen-bond acceptors (Lipinski definition) is 5. The highest BCUT2D eigenvalue weighted by Crippen LogP contribution is 2.48. The SMILES string of the molecule is Bc1c(O)c(O)c(O)c(O)c1-c1ccc(-c2c3c(c(-c4ccc5c(c4)oc4cc6ccccc6cc45)c4ccccc24)CCC=C3)cc1. The van der Waals surface area contributed by atoms with Gasteiger partial charge >= 0.3 is 0 Å². The van der Waals surface area contributed by atoms with Crippen LogP contribution in [0, 0.1) is 0 Å². The van der Waals surface area contributed by atoms with E-state index in [0.717, 1.165) is 67.6 Å². The van der Waals surface area contributed by atoms with Crippen LogP contribution >= 0.6 is 0 Å². The molecule has 0 bridgehead atoms. The summed E-state index contributed by atoms with van der Waals surface area (Å²) in [6, 6.07) is 35.6. The Morgan fingerprint density at radius 2 is 1.12 bits per heavy atom. The number of hydrogen-bond donors (Lipinski definition) is 4. The minimum Gasteiger partial charge on any atom is -0.505 e. The van der Waals surface area contributed by atoms with E-state index in [-0.39, 0.29) is 11.0 Å². The number of rotatable bonds is 3. The Morgan fingerprint density at radius 3 is 1.88 bits per heavy atom. The lowest BCUT2D eigenvalue weighted by Gasteiger charge is -2.24. The maximum absolute atomic E-state index is 10.7. The summed E-state index contributed by atoms with van der Waals surface area (Å²) in [4.78, 5) is 0. The number of fused-ring (bicyclic) bond motifs is 6. The van der Waals surface area contributed by atoms with Crippen LogP contribution in [0.15, 0.2) is 114 Å². The molecule has 48 heavy (non-hydrogen) atoms. The molecule has 7 aromatic carbocycles. The third kappa shape index (κ3) is 4.05. The van der Waals surface area contributed by atoms with Crippen LogP contribution in [-0.4, -0.2) is 28.3 Å². The van der Waals surface area contributed by atoms with Gasteiger partial charge in [-0.1, -0.05) is 91.0 Å². The van der Waals surface area contributed by atoms with Crippen LogP contribution in [0.3, 0.4) is 0 Å². The third-order valence-corrected chi connectivity index (χ3v) is 9.94. The van der Waals surface area contributed by atoms with Crippen molar-refractivity contribution in [3.8, 4) is 56.4 Å². The summed E-state index contributed by atoms with van der Waals surface area (Å²) in [5.74, 6) is -2.41. The lowest BCUT2D eigenvalue weighted by atomic mass is 9.79. The first kappa shape index (κ1) is 28.1. The number of allylic oxidation sites excluding steroid dienone is 1. The minimum absolute atomic E-state index is 0.269. The van der Waals surface area contributed by atoms with Gasteiger partial charge in [0.25, 0.3) is 0 Å². The summed E-state index contributed by atoms with van der Waals surface area (Å²) >= 11 is 0. The normalized spacial score (nSPS) is 12.8. The minimum atomic E-state index is -0.743. The van der Waals surface area contributed by atoms with Gasteiger partial charge in [-0.25, -0.2) is 0 Å². The highest BCUT2D eigenvalue weighted by molar-refractivity contribution is 6.39. The first-order valence-electron chi connectivity index (χ1n) is 16.1. The molecule has 5 nitrogen and oxygen atoms in total. The predicted molar refractivity (Wildman–Crippen MR) is 197 cm³/mol. The van der Waals surface area contributed by atoms with Crippen molar-refractivity contribution >= 4 is 62.9 Å². The first-order valence-corrected chi connectivity index (χ1v) is 16.1. The fourth-order valence-electron chi connectivity index (χ4n) is 7.62. The van der Waals surface area contributed by atoms with Gasteiger partial charge in [-0.05, 0) is 103 Å². The van der Waals surface area contributed by atoms with Crippen LogP contribution in [0.2, 0.25) is 0 Å². The van der Waals surface area contributed by atoms with E-state index in [2.05, 4.69) is 91.0 Å². The van der Waals surface area contributed by atoms with Crippen LogP contribution < -0.4 is 5.46 Å². The zero-order valence-electron chi connectivity index (χ0n) is 26.1. The van der Waals surface area contributed by atoms with Crippen LogP contribution in [-0.2, 0) is 6.42 Å². The molecule has 230 valence electrons. The van der Waals surface area contributed by atoms with Gasteiger partial charge in [0.2, 0.25) is 11.5 Å². The van der Waals surface area contributed by atoms with Crippen molar-refractivity contribution in [3.05, 3.63) is 120 Å². The second-order valence-electron chi connectivity index (χ2n) is 12.6. The van der Waals surface area contributed by atoms with Crippen molar-refractivity contribution in [2.24, 2.45) is 0 Å². The van der Waals surface area contributed by atoms with E-state index < -0.39 is 23.0 Å². The second-order valence-corrected chi connectivity index (χ2v) is 12.6. The highest BCUT2D eigenvalue weighted by atomic mass is 16.3. The molecule has 8 aromatic rings. The molecule has 0 fully saturated rings. The molecular formula is C42H29BO5. The van der Waals surface area contributed by atoms with Crippen molar-refractivity contribution in [2.45, 2.75) is 12.8 Å². The Hall–Kier alpha value is -6.14. The molecule has 0 unspecified atom stereocenters. The molecule has 9 rings (SSSR count). The molecule has 6 heteroatoms. The Morgan fingerprint density at radius 1 is 0.521 bits per heavy atom. The van der Waals surface area contributed by atoms with Gasteiger partial charge in [-0.3, -0.25) is 0 Å². The van der Waals surface area contributed by atoms with Crippen molar-refractivity contribution in [1.82, 2.24) is 0 Å². The van der Waals surface area contributed by atoms with Crippen LogP contribution in [0.4, 0.5) is 0 Å². The zero-order chi connectivity index (χ0) is 32.7. The predicted octanol–water partition coefficient (Wildman–Crippen LogP) is 8.93. The van der Waals surface area contributed by atoms with Gasteiger partial charge in [-0.15, -0.1) is 0 Å². The molecule has 1 aliphatic rings.